The monoisotopic (exact) mass is 195 g/mol. The summed E-state index contributed by atoms with van der Waals surface area (Å²) in [5.74, 6) is 0.102. The molecule has 0 aromatic rings. The summed E-state index contributed by atoms with van der Waals surface area (Å²) in [4.78, 5) is 0. The molecule has 12 heavy (non-hydrogen) atoms. The number of rotatable bonds is 3. The molecule has 1 aliphatic heterocycles. The molecule has 0 radical (unpaired) electrons. The summed E-state index contributed by atoms with van der Waals surface area (Å²) in [5.41, 5.74) is 4.64. The van der Waals surface area contributed by atoms with E-state index in [2.05, 4.69) is 0 Å². The molecule has 0 aromatic carbocycles. The summed E-state index contributed by atoms with van der Waals surface area (Å²) in [6.45, 7) is -0.205. The summed E-state index contributed by atoms with van der Waals surface area (Å²) in [7, 11) is -2.98. The average molecular weight is 195 g/mol. The van der Waals surface area contributed by atoms with Gasteiger partial charge in [-0.2, -0.15) is 0 Å². The molecule has 1 aliphatic rings. The molecular weight excluding hydrogens is 181 g/mol. The van der Waals surface area contributed by atoms with E-state index in [9.17, 15) is 12.8 Å². The van der Waals surface area contributed by atoms with Crippen LogP contribution in [0.2, 0.25) is 0 Å². The maximum Gasteiger partial charge on any atom is 0.150 e. The van der Waals surface area contributed by atoms with E-state index in [-0.39, 0.29) is 11.5 Å². The van der Waals surface area contributed by atoms with Crippen LogP contribution in [0, 0.1) is 5.41 Å². The second-order valence-corrected chi connectivity index (χ2v) is 5.70. The van der Waals surface area contributed by atoms with Gasteiger partial charge in [0.15, 0.2) is 9.84 Å². The van der Waals surface area contributed by atoms with Crippen LogP contribution in [0.1, 0.15) is 12.8 Å². The van der Waals surface area contributed by atoms with E-state index in [4.69, 9.17) is 5.73 Å². The molecule has 1 unspecified atom stereocenters. The first kappa shape index (κ1) is 9.92. The molecule has 1 saturated heterocycles. The van der Waals surface area contributed by atoms with Gasteiger partial charge in [-0.05, 0) is 19.4 Å². The van der Waals surface area contributed by atoms with Gasteiger partial charge < -0.3 is 5.73 Å². The van der Waals surface area contributed by atoms with E-state index in [1.807, 2.05) is 0 Å². The van der Waals surface area contributed by atoms with Gasteiger partial charge in [0.05, 0.1) is 18.2 Å². The Kier molecular flexibility index (Phi) is 2.73. The molecule has 0 aliphatic carbocycles. The van der Waals surface area contributed by atoms with Gasteiger partial charge in [0.2, 0.25) is 0 Å². The number of sulfone groups is 1. The fraction of sp³-hybridized carbons (Fsp3) is 1.00. The highest BCUT2D eigenvalue weighted by atomic mass is 32.2. The Morgan fingerprint density at radius 1 is 1.50 bits per heavy atom. The fourth-order valence-electron chi connectivity index (χ4n) is 1.66. The minimum atomic E-state index is -2.98. The van der Waals surface area contributed by atoms with Crippen molar-refractivity contribution in [3.63, 3.8) is 0 Å². The number of alkyl halides is 1. The topological polar surface area (TPSA) is 60.2 Å². The lowest BCUT2D eigenvalue weighted by Gasteiger charge is -2.22. The van der Waals surface area contributed by atoms with Crippen molar-refractivity contribution in [2.24, 2.45) is 11.1 Å². The summed E-state index contributed by atoms with van der Waals surface area (Å²) >= 11 is 0. The van der Waals surface area contributed by atoms with E-state index in [1.54, 1.807) is 0 Å². The third-order valence-corrected chi connectivity index (χ3v) is 4.31. The van der Waals surface area contributed by atoms with Crippen LogP contribution in [0.15, 0.2) is 0 Å². The van der Waals surface area contributed by atoms with Crippen molar-refractivity contribution < 1.29 is 12.8 Å². The van der Waals surface area contributed by atoms with Crippen LogP contribution in [-0.4, -0.2) is 33.1 Å². The first-order chi connectivity index (χ1) is 5.54. The molecule has 0 bridgehead atoms. The lowest BCUT2D eigenvalue weighted by Crippen LogP contribution is -2.28. The summed E-state index contributed by atoms with van der Waals surface area (Å²) in [5, 5.41) is 0. The lowest BCUT2D eigenvalue weighted by atomic mass is 9.86. The van der Waals surface area contributed by atoms with Crippen LogP contribution in [0.25, 0.3) is 0 Å². The van der Waals surface area contributed by atoms with Crippen LogP contribution in [0.4, 0.5) is 4.39 Å². The van der Waals surface area contributed by atoms with Crippen molar-refractivity contribution >= 4 is 9.84 Å². The Balaban J connectivity index is 2.72. The molecule has 5 heteroatoms. The zero-order valence-corrected chi connectivity index (χ0v) is 7.74. The average Bonchev–Trinajstić information content (AvgIpc) is 2.29. The molecule has 2 N–H and O–H groups in total. The van der Waals surface area contributed by atoms with Crippen LogP contribution < -0.4 is 5.73 Å². The number of hydrogen-bond donors (Lipinski definition) is 1. The number of nitrogens with two attached hydrogens (primary N) is 1. The Labute approximate surface area is 72.1 Å². The second kappa shape index (κ2) is 3.30. The van der Waals surface area contributed by atoms with E-state index >= 15 is 0 Å². The van der Waals surface area contributed by atoms with Gasteiger partial charge in [0.25, 0.3) is 0 Å². The Hall–Kier alpha value is -0.160. The lowest BCUT2D eigenvalue weighted by molar-refractivity contribution is 0.225. The molecule has 1 atom stereocenters. The molecule has 1 fully saturated rings. The SMILES string of the molecule is NCCC1(CF)CCS(=O)(=O)C1. The van der Waals surface area contributed by atoms with Crippen molar-refractivity contribution in [2.75, 3.05) is 24.7 Å². The van der Waals surface area contributed by atoms with Crippen LogP contribution in [-0.2, 0) is 9.84 Å². The molecular formula is C7H14FNO2S. The largest absolute Gasteiger partial charge is 0.330 e. The Morgan fingerprint density at radius 2 is 2.17 bits per heavy atom. The molecule has 1 heterocycles. The highest BCUT2D eigenvalue weighted by molar-refractivity contribution is 7.91. The maximum absolute atomic E-state index is 12.6. The quantitative estimate of drug-likeness (QED) is 0.695. The third kappa shape index (κ3) is 1.95. The van der Waals surface area contributed by atoms with E-state index in [0.717, 1.165) is 0 Å². The first-order valence-electron chi connectivity index (χ1n) is 4.00. The molecule has 0 spiro atoms. The fourth-order valence-corrected chi connectivity index (χ4v) is 3.85. The zero-order chi connectivity index (χ0) is 9.24. The highest BCUT2D eigenvalue weighted by Gasteiger charge is 2.41. The molecule has 72 valence electrons. The van der Waals surface area contributed by atoms with E-state index < -0.39 is 21.9 Å². The first-order valence-corrected chi connectivity index (χ1v) is 5.82. The van der Waals surface area contributed by atoms with Crippen molar-refractivity contribution in [3.05, 3.63) is 0 Å². The normalized spacial score (nSPS) is 33.8. The summed E-state index contributed by atoms with van der Waals surface area (Å²) in [6.07, 6.45) is 0.908. The highest BCUT2D eigenvalue weighted by Crippen LogP contribution is 2.35. The number of halogens is 1. The van der Waals surface area contributed by atoms with Crippen molar-refractivity contribution in [1.29, 1.82) is 0 Å². The Bertz CT molecular complexity index is 252. The van der Waals surface area contributed by atoms with Gasteiger partial charge in [-0.25, -0.2) is 8.42 Å². The molecule has 0 saturated carbocycles. The van der Waals surface area contributed by atoms with Crippen LogP contribution in [0.3, 0.4) is 0 Å². The second-order valence-electron chi connectivity index (χ2n) is 3.51. The van der Waals surface area contributed by atoms with Crippen molar-refractivity contribution in [1.82, 2.24) is 0 Å². The van der Waals surface area contributed by atoms with Gasteiger partial charge in [0.1, 0.15) is 0 Å². The molecule has 0 aromatic heterocycles. The smallest absolute Gasteiger partial charge is 0.150 e. The summed E-state index contributed by atoms with van der Waals surface area (Å²) < 4.78 is 34.7. The van der Waals surface area contributed by atoms with Crippen molar-refractivity contribution in [3.8, 4) is 0 Å². The summed E-state index contributed by atoms with van der Waals surface area (Å²) in [6, 6.07) is 0. The predicted molar refractivity (Wildman–Crippen MR) is 45.4 cm³/mol. The van der Waals surface area contributed by atoms with Gasteiger partial charge in [0, 0.05) is 5.41 Å². The molecule has 0 amide bonds. The zero-order valence-electron chi connectivity index (χ0n) is 6.92. The third-order valence-electron chi connectivity index (χ3n) is 2.43. The van der Waals surface area contributed by atoms with Gasteiger partial charge in [-0.1, -0.05) is 0 Å². The maximum atomic E-state index is 12.6. The van der Waals surface area contributed by atoms with Gasteiger partial charge in [-0.15, -0.1) is 0 Å². The van der Waals surface area contributed by atoms with Gasteiger partial charge in [-0.3, -0.25) is 4.39 Å². The van der Waals surface area contributed by atoms with Gasteiger partial charge >= 0.3 is 0 Å². The predicted octanol–water partition coefficient (Wildman–Crippen LogP) is 0.110. The molecule has 3 nitrogen and oxygen atoms in total. The minimum absolute atomic E-state index is 0.0201. The van der Waals surface area contributed by atoms with Crippen molar-refractivity contribution in [2.45, 2.75) is 12.8 Å². The van der Waals surface area contributed by atoms with E-state index in [0.29, 0.717) is 19.4 Å². The Morgan fingerprint density at radius 3 is 2.50 bits per heavy atom. The minimum Gasteiger partial charge on any atom is -0.330 e. The standard InChI is InChI=1S/C7H14FNO2S/c8-5-7(1-3-9)2-4-12(10,11)6-7/h1-6,9H2. The van der Waals surface area contributed by atoms with Crippen LogP contribution >= 0.6 is 0 Å². The number of hydrogen-bond acceptors (Lipinski definition) is 3. The molecule has 1 rings (SSSR count). The van der Waals surface area contributed by atoms with E-state index in [1.165, 1.54) is 0 Å². The van der Waals surface area contributed by atoms with Crippen LogP contribution in [0.5, 0.6) is 0 Å².